The highest BCUT2D eigenvalue weighted by Crippen LogP contribution is 2.27. The summed E-state index contributed by atoms with van der Waals surface area (Å²) < 4.78 is 38.5. The van der Waals surface area contributed by atoms with Gasteiger partial charge in [-0.15, -0.1) is 11.3 Å². The number of methoxy groups -OCH3 is 1. The van der Waals surface area contributed by atoms with Gasteiger partial charge in [0.2, 0.25) is 15.9 Å². The Morgan fingerprint density at radius 1 is 1.26 bits per heavy atom. The van der Waals surface area contributed by atoms with Gasteiger partial charge in [-0.05, 0) is 45.9 Å². The number of esters is 1. The van der Waals surface area contributed by atoms with Gasteiger partial charge in [0.05, 0.1) is 18.4 Å². The topological polar surface area (TPSA) is 115 Å². The molecule has 0 fully saturated rings. The number of hydrogen-bond donors (Lipinski definition) is 1. The summed E-state index contributed by atoms with van der Waals surface area (Å²) in [4.78, 5) is 29.8. The third-order valence-corrected chi connectivity index (χ3v) is 6.64. The Hall–Kier alpha value is -2.50. The number of aromatic nitrogens is 1. The number of anilines is 1. The standard InChI is InChI=1S/C20H27N3O6S2/c1-7-23(13(2)24)19-21-15(12-30-19)11-29-18(25)14-8-9-16(28-6)17(10-14)31(26,27)22-20(3,4)5/h8-10,12,22H,7,11H2,1-6H3. The molecule has 0 aliphatic rings. The molecule has 0 radical (unpaired) electrons. The summed E-state index contributed by atoms with van der Waals surface area (Å²) in [5, 5.41) is 2.22. The van der Waals surface area contributed by atoms with Crippen LogP contribution in [0.1, 0.15) is 50.7 Å². The van der Waals surface area contributed by atoms with Crippen LogP contribution in [0.2, 0.25) is 0 Å². The molecular formula is C20H27N3O6S2. The first-order chi connectivity index (χ1) is 14.4. The van der Waals surface area contributed by atoms with Gasteiger partial charge in [-0.25, -0.2) is 22.9 Å². The number of hydrogen-bond acceptors (Lipinski definition) is 8. The third kappa shape index (κ3) is 6.49. The summed E-state index contributed by atoms with van der Waals surface area (Å²) in [5.74, 6) is -0.721. The summed E-state index contributed by atoms with van der Waals surface area (Å²) in [7, 11) is -2.58. The zero-order valence-electron chi connectivity index (χ0n) is 18.4. The molecule has 1 amide bonds. The molecule has 31 heavy (non-hydrogen) atoms. The zero-order valence-corrected chi connectivity index (χ0v) is 20.0. The first-order valence-corrected chi connectivity index (χ1v) is 11.9. The average molecular weight is 470 g/mol. The van der Waals surface area contributed by atoms with Crippen LogP contribution in [0.4, 0.5) is 5.13 Å². The van der Waals surface area contributed by atoms with Gasteiger partial charge in [0.1, 0.15) is 17.3 Å². The van der Waals surface area contributed by atoms with Gasteiger partial charge in [-0.2, -0.15) is 0 Å². The molecule has 0 aliphatic carbocycles. The highest BCUT2D eigenvalue weighted by molar-refractivity contribution is 7.89. The second-order valence-corrected chi connectivity index (χ2v) is 10.2. The van der Waals surface area contributed by atoms with Gasteiger partial charge in [0.25, 0.3) is 0 Å². The minimum atomic E-state index is -3.93. The number of benzene rings is 1. The van der Waals surface area contributed by atoms with E-state index < -0.39 is 21.5 Å². The summed E-state index contributed by atoms with van der Waals surface area (Å²) in [6.45, 7) is 8.79. The molecule has 170 valence electrons. The van der Waals surface area contributed by atoms with Crippen LogP contribution >= 0.6 is 11.3 Å². The number of nitrogens with zero attached hydrogens (tertiary/aromatic N) is 2. The molecule has 0 bridgehead atoms. The van der Waals surface area contributed by atoms with Crippen LogP contribution in [0, 0.1) is 0 Å². The van der Waals surface area contributed by atoms with E-state index in [1.54, 1.807) is 26.2 Å². The van der Waals surface area contributed by atoms with Gasteiger partial charge in [0.15, 0.2) is 5.13 Å². The lowest BCUT2D eigenvalue weighted by Crippen LogP contribution is -2.40. The van der Waals surface area contributed by atoms with E-state index in [0.29, 0.717) is 17.4 Å². The van der Waals surface area contributed by atoms with Crippen molar-refractivity contribution in [2.24, 2.45) is 0 Å². The normalized spacial score (nSPS) is 11.8. The number of rotatable bonds is 8. The van der Waals surface area contributed by atoms with Crippen molar-refractivity contribution in [3.63, 3.8) is 0 Å². The number of carbonyl (C=O) groups excluding carboxylic acids is 2. The number of ether oxygens (including phenoxy) is 2. The smallest absolute Gasteiger partial charge is 0.338 e. The molecule has 1 aromatic heterocycles. The van der Waals surface area contributed by atoms with Crippen LogP contribution in [0.5, 0.6) is 5.75 Å². The van der Waals surface area contributed by atoms with Gasteiger partial charge in [-0.1, -0.05) is 0 Å². The van der Waals surface area contributed by atoms with Crippen LogP contribution in [-0.2, 0) is 26.2 Å². The first kappa shape index (κ1) is 24.8. The van der Waals surface area contributed by atoms with Crippen LogP contribution < -0.4 is 14.4 Å². The van der Waals surface area contributed by atoms with E-state index in [-0.39, 0.29) is 28.7 Å². The van der Waals surface area contributed by atoms with Crippen molar-refractivity contribution in [2.75, 3.05) is 18.6 Å². The number of carbonyl (C=O) groups is 2. The lowest BCUT2D eigenvalue weighted by Gasteiger charge is -2.21. The molecule has 0 saturated heterocycles. The fourth-order valence-corrected chi connectivity index (χ4v) is 5.21. The largest absolute Gasteiger partial charge is 0.495 e. The van der Waals surface area contributed by atoms with E-state index in [4.69, 9.17) is 9.47 Å². The Balaban J connectivity index is 2.20. The van der Waals surface area contributed by atoms with Crippen molar-refractivity contribution < 1.29 is 27.5 Å². The zero-order chi connectivity index (χ0) is 23.4. The van der Waals surface area contributed by atoms with Crippen molar-refractivity contribution in [2.45, 2.75) is 51.7 Å². The van der Waals surface area contributed by atoms with E-state index in [1.165, 1.54) is 48.5 Å². The molecular weight excluding hydrogens is 442 g/mol. The molecule has 9 nitrogen and oxygen atoms in total. The van der Waals surface area contributed by atoms with Gasteiger partial charge < -0.3 is 9.47 Å². The lowest BCUT2D eigenvalue weighted by atomic mass is 10.1. The minimum absolute atomic E-state index is 0.0597. The van der Waals surface area contributed by atoms with E-state index in [2.05, 4.69) is 9.71 Å². The van der Waals surface area contributed by atoms with Gasteiger partial charge >= 0.3 is 5.97 Å². The quantitative estimate of drug-likeness (QED) is 0.591. The van der Waals surface area contributed by atoms with Crippen molar-refractivity contribution in [1.82, 2.24) is 9.71 Å². The predicted molar refractivity (Wildman–Crippen MR) is 118 cm³/mol. The number of nitrogens with one attached hydrogen (secondary N) is 1. The summed E-state index contributed by atoms with van der Waals surface area (Å²) in [5.41, 5.74) is -0.164. The minimum Gasteiger partial charge on any atom is -0.495 e. The molecule has 0 atom stereocenters. The Morgan fingerprint density at radius 2 is 1.94 bits per heavy atom. The predicted octanol–water partition coefficient (Wildman–Crippen LogP) is 2.96. The van der Waals surface area contributed by atoms with Crippen molar-refractivity contribution in [3.05, 3.63) is 34.8 Å². The lowest BCUT2D eigenvalue weighted by molar-refractivity contribution is -0.116. The van der Waals surface area contributed by atoms with Crippen molar-refractivity contribution in [3.8, 4) is 5.75 Å². The van der Waals surface area contributed by atoms with Gasteiger partial charge in [0, 0.05) is 24.4 Å². The van der Waals surface area contributed by atoms with Crippen molar-refractivity contribution >= 4 is 38.4 Å². The first-order valence-electron chi connectivity index (χ1n) is 9.49. The van der Waals surface area contributed by atoms with Crippen LogP contribution in [0.25, 0.3) is 0 Å². The fourth-order valence-electron chi connectivity index (χ4n) is 2.67. The van der Waals surface area contributed by atoms with Crippen LogP contribution in [0.15, 0.2) is 28.5 Å². The fraction of sp³-hybridized carbons (Fsp3) is 0.450. The maximum absolute atomic E-state index is 12.7. The van der Waals surface area contributed by atoms with Crippen LogP contribution in [0.3, 0.4) is 0 Å². The van der Waals surface area contributed by atoms with Gasteiger partial charge in [-0.3, -0.25) is 9.69 Å². The number of amides is 1. The molecule has 0 aliphatic heterocycles. The third-order valence-electron chi connectivity index (χ3n) is 3.95. The molecule has 1 N–H and O–H groups in total. The SMILES string of the molecule is CCN(C(C)=O)c1nc(COC(=O)c2ccc(OC)c(S(=O)(=O)NC(C)(C)C)c2)cs1. The second kappa shape index (κ2) is 9.75. The maximum Gasteiger partial charge on any atom is 0.338 e. The highest BCUT2D eigenvalue weighted by atomic mass is 32.2. The summed E-state index contributed by atoms with van der Waals surface area (Å²) in [6.07, 6.45) is 0. The molecule has 11 heteroatoms. The number of thiazole rings is 1. The number of sulfonamides is 1. The van der Waals surface area contributed by atoms with Crippen molar-refractivity contribution in [1.29, 1.82) is 0 Å². The molecule has 0 unspecified atom stereocenters. The van der Waals surface area contributed by atoms with E-state index >= 15 is 0 Å². The Labute approximate surface area is 186 Å². The van der Waals surface area contributed by atoms with Crippen LogP contribution in [-0.4, -0.2) is 44.5 Å². The van der Waals surface area contributed by atoms with E-state index in [0.717, 1.165) is 0 Å². The molecule has 2 rings (SSSR count). The Bertz CT molecular complexity index is 1060. The molecule has 1 heterocycles. The highest BCUT2D eigenvalue weighted by Gasteiger charge is 2.26. The maximum atomic E-state index is 12.7. The van der Waals surface area contributed by atoms with E-state index in [1.807, 2.05) is 6.92 Å². The Morgan fingerprint density at radius 3 is 2.48 bits per heavy atom. The summed E-state index contributed by atoms with van der Waals surface area (Å²) in [6, 6.07) is 4.05. The second-order valence-electron chi connectivity index (χ2n) is 7.68. The Kier molecular flexibility index (Phi) is 7.79. The molecule has 1 aromatic carbocycles. The molecule has 0 saturated carbocycles. The molecule has 2 aromatic rings. The van der Waals surface area contributed by atoms with E-state index in [9.17, 15) is 18.0 Å². The monoisotopic (exact) mass is 469 g/mol. The molecule has 0 spiro atoms. The average Bonchev–Trinajstić information content (AvgIpc) is 3.12. The summed E-state index contributed by atoms with van der Waals surface area (Å²) >= 11 is 1.27.